The maximum atomic E-state index is 12.5. The second-order valence-corrected chi connectivity index (χ2v) is 7.08. The minimum absolute atomic E-state index is 0.312. The number of rotatable bonds is 5. The SMILES string of the molecule is O=C(CCc1ccccc1)N1CCCN(CC2CCOCC2)CC1. The molecule has 1 aromatic rings. The molecule has 4 heteroatoms. The lowest BCUT2D eigenvalue weighted by molar-refractivity contribution is -0.131. The fraction of sp³-hybridized carbons (Fsp3) is 0.650. The molecule has 1 amide bonds. The molecule has 0 aliphatic carbocycles. The van der Waals surface area contributed by atoms with Crippen molar-refractivity contribution in [3.05, 3.63) is 35.9 Å². The van der Waals surface area contributed by atoms with E-state index in [-0.39, 0.29) is 0 Å². The largest absolute Gasteiger partial charge is 0.381 e. The number of benzene rings is 1. The van der Waals surface area contributed by atoms with E-state index in [1.54, 1.807) is 0 Å². The van der Waals surface area contributed by atoms with Crippen LogP contribution in [0.25, 0.3) is 0 Å². The van der Waals surface area contributed by atoms with E-state index in [0.717, 1.165) is 58.2 Å². The average molecular weight is 330 g/mol. The molecule has 2 saturated heterocycles. The van der Waals surface area contributed by atoms with E-state index in [2.05, 4.69) is 21.9 Å². The average Bonchev–Trinajstić information content (AvgIpc) is 2.87. The zero-order valence-corrected chi connectivity index (χ0v) is 14.7. The molecule has 0 aromatic heterocycles. The minimum Gasteiger partial charge on any atom is -0.381 e. The monoisotopic (exact) mass is 330 g/mol. The van der Waals surface area contributed by atoms with E-state index >= 15 is 0 Å². The van der Waals surface area contributed by atoms with Crippen molar-refractivity contribution in [3.8, 4) is 0 Å². The molecule has 132 valence electrons. The van der Waals surface area contributed by atoms with Gasteiger partial charge in [0.25, 0.3) is 0 Å². The van der Waals surface area contributed by atoms with E-state index in [9.17, 15) is 4.79 Å². The molecule has 2 fully saturated rings. The molecule has 0 bridgehead atoms. The van der Waals surface area contributed by atoms with Crippen LogP contribution in [0.3, 0.4) is 0 Å². The Morgan fingerprint density at radius 1 is 1.04 bits per heavy atom. The summed E-state index contributed by atoms with van der Waals surface area (Å²) in [5, 5.41) is 0. The molecule has 3 rings (SSSR count). The Bertz CT molecular complexity index is 500. The van der Waals surface area contributed by atoms with Crippen molar-refractivity contribution < 1.29 is 9.53 Å². The van der Waals surface area contributed by atoms with E-state index in [0.29, 0.717) is 12.3 Å². The summed E-state index contributed by atoms with van der Waals surface area (Å²) < 4.78 is 5.45. The molecule has 2 heterocycles. The van der Waals surface area contributed by atoms with Gasteiger partial charge in [0.1, 0.15) is 0 Å². The lowest BCUT2D eigenvalue weighted by atomic mass is 10.00. The molecular formula is C20H30N2O2. The van der Waals surface area contributed by atoms with Crippen LogP contribution in [-0.4, -0.2) is 61.6 Å². The number of amides is 1. The van der Waals surface area contributed by atoms with Crippen LogP contribution in [0.5, 0.6) is 0 Å². The smallest absolute Gasteiger partial charge is 0.222 e. The summed E-state index contributed by atoms with van der Waals surface area (Å²) in [5.74, 6) is 1.09. The van der Waals surface area contributed by atoms with Gasteiger partial charge in [-0.15, -0.1) is 0 Å². The molecule has 0 atom stereocenters. The summed E-state index contributed by atoms with van der Waals surface area (Å²) in [6.07, 6.45) is 4.96. The third kappa shape index (κ3) is 5.32. The summed E-state index contributed by atoms with van der Waals surface area (Å²) in [6, 6.07) is 10.3. The first kappa shape index (κ1) is 17.4. The van der Waals surface area contributed by atoms with Gasteiger partial charge in [-0.3, -0.25) is 4.79 Å². The van der Waals surface area contributed by atoms with Gasteiger partial charge < -0.3 is 14.5 Å². The number of hydrogen-bond donors (Lipinski definition) is 0. The maximum Gasteiger partial charge on any atom is 0.222 e. The topological polar surface area (TPSA) is 32.8 Å². The van der Waals surface area contributed by atoms with E-state index in [1.807, 2.05) is 18.2 Å². The zero-order valence-electron chi connectivity index (χ0n) is 14.7. The fourth-order valence-electron chi connectivity index (χ4n) is 3.75. The highest BCUT2D eigenvalue weighted by molar-refractivity contribution is 5.76. The van der Waals surface area contributed by atoms with Gasteiger partial charge in [-0.25, -0.2) is 0 Å². The van der Waals surface area contributed by atoms with Gasteiger partial charge in [0.05, 0.1) is 0 Å². The molecular weight excluding hydrogens is 300 g/mol. The first-order valence-corrected chi connectivity index (χ1v) is 9.43. The van der Waals surface area contributed by atoms with E-state index in [1.165, 1.54) is 24.9 Å². The number of carbonyl (C=O) groups excluding carboxylic acids is 1. The molecule has 0 saturated carbocycles. The maximum absolute atomic E-state index is 12.5. The van der Waals surface area contributed by atoms with Gasteiger partial charge in [-0.1, -0.05) is 30.3 Å². The number of aryl methyl sites for hydroxylation is 1. The van der Waals surface area contributed by atoms with Gasteiger partial charge >= 0.3 is 0 Å². The van der Waals surface area contributed by atoms with Crippen LogP contribution < -0.4 is 0 Å². The predicted molar refractivity (Wildman–Crippen MR) is 95.9 cm³/mol. The summed E-state index contributed by atoms with van der Waals surface area (Å²) in [7, 11) is 0. The third-order valence-electron chi connectivity index (χ3n) is 5.27. The number of carbonyl (C=O) groups is 1. The second kappa shape index (κ2) is 9.19. The van der Waals surface area contributed by atoms with Crippen molar-refractivity contribution in [2.45, 2.75) is 32.1 Å². The van der Waals surface area contributed by atoms with Crippen LogP contribution in [0.15, 0.2) is 30.3 Å². The molecule has 4 nitrogen and oxygen atoms in total. The van der Waals surface area contributed by atoms with E-state index < -0.39 is 0 Å². The van der Waals surface area contributed by atoms with Crippen LogP contribution >= 0.6 is 0 Å². The Morgan fingerprint density at radius 2 is 1.83 bits per heavy atom. The van der Waals surface area contributed by atoms with Crippen molar-refractivity contribution in [1.82, 2.24) is 9.80 Å². The normalized spacial score (nSPS) is 20.8. The summed E-state index contributed by atoms with van der Waals surface area (Å²) in [5.41, 5.74) is 1.25. The van der Waals surface area contributed by atoms with Crippen LogP contribution in [-0.2, 0) is 16.0 Å². The zero-order chi connectivity index (χ0) is 16.6. The highest BCUT2D eigenvalue weighted by atomic mass is 16.5. The summed E-state index contributed by atoms with van der Waals surface area (Å²) >= 11 is 0. The first-order chi connectivity index (χ1) is 11.8. The van der Waals surface area contributed by atoms with Crippen molar-refractivity contribution in [2.24, 2.45) is 5.92 Å². The van der Waals surface area contributed by atoms with Crippen LogP contribution in [0.4, 0.5) is 0 Å². The number of nitrogens with zero attached hydrogens (tertiary/aromatic N) is 2. The second-order valence-electron chi connectivity index (χ2n) is 7.08. The van der Waals surface area contributed by atoms with Crippen LogP contribution in [0, 0.1) is 5.92 Å². The molecule has 0 N–H and O–H groups in total. The number of hydrogen-bond acceptors (Lipinski definition) is 3. The fourth-order valence-corrected chi connectivity index (χ4v) is 3.75. The quantitative estimate of drug-likeness (QED) is 0.832. The Morgan fingerprint density at radius 3 is 2.62 bits per heavy atom. The molecule has 0 spiro atoms. The molecule has 0 unspecified atom stereocenters. The minimum atomic E-state index is 0.312. The Balaban J connectivity index is 1.41. The highest BCUT2D eigenvalue weighted by Crippen LogP contribution is 2.17. The van der Waals surface area contributed by atoms with Gasteiger partial charge in [-0.2, -0.15) is 0 Å². The summed E-state index contributed by atoms with van der Waals surface area (Å²) in [6.45, 7) is 6.96. The van der Waals surface area contributed by atoms with Gasteiger partial charge in [0.15, 0.2) is 0 Å². The molecule has 0 radical (unpaired) electrons. The van der Waals surface area contributed by atoms with Crippen LogP contribution in [0.2, 0.25) is 0 Å². The predicted octanol–water partition coefficient (Wildman–Crippen LogP) is 2.58. The van der Waals surface area contributed by atoms with Crippen LogP contribution in [0.1, 0.15) is 31.2 Å². The standard InChI is InChI=1S/C20H30N2O2/c23-20(8-7-18-5-2-1-3-6-18)22-12-4-11-21(13-14-22)17-19-9-15-24-16-10-19/h1-3,5-6,19H,4,7-17H2. The Labute approximate surface area is 145 Å². The van der Waals surface area contributed by atoms with Gasteiger partial charge in [0, 0.05) is 45.8 Å². The Kier molecular flexibility index (Phi) is 6.67. The van der Waals surface area contributed by atoms with Crippen molar-refractivity contribution in [1.29, 1.82) is 0 Å². The van der Waals surface area contributed by atoms with Gasteiger partial charge in [-0.05, 0) is 43.7 Å². The third-order valence-corrected chi connectivity index (χ3v) is 5.27. The van der Waals surface area contributed by atoms with Crippen molar-refractivity contribution >= 4 is 5.91 Å². The lowest BCUT2D eigenvalue weighted by Gasteiger charge is -2.28. The number of ether oxygens (including phenoxy) is 1. The highest BCUT2D eigenvalue weighted by Gasteiger charge is 2.22. The van der Waals surface area contributed by atoms with Gasteiger partial charge in [0.2, 0.25) is 5.91 Å². The molecule has 1 aromatic carbocycles. The first-order valence-electron chi connectivity index (χ1n) is 9.43. The lowest BCUT2D eigenvalue weighted by Crippen LogP contribution is -2.37. The van der Waals surface area contributed by atoms with Crippen molar-refractivity contribution in [2.75, 3.05) is 45.9 Å². The molecule has 2 aliphatic heterocycles. The summed E-state index contributed by atoms with van der Waals surface area (Å²) in [4.78, 5) is 17.1. The van der Waals surface area contributed by atoms with Crippen molar-refractivity contribution in [3.63, 3.8) is 0 Å². The van der Waals surface area contributed by atoms with E-state index in [4.69, 9.17) is 4.74 Å². The Hall–Kier alpha value is -1.39. The molecule has 2 aliphatic rings. The molecule has 24 heavy (non-hydrogen) atoms.